The van der Waals surface area contributed by atoms with E-state index in [9.17, 15) is 16.8 Å². The van der Waals surface area contributed by atoms with Crippen molar-refractivity contribution in [2.45, 2.75) is 57.0 Å². The lowest BCUT2D eigenvalue weighted by Gasteiger charge is -2.20. The van der Waals surface area contributed by atoms with Crippen molar-refractivity contribution in [1.29, 1.82) is 0 Å². The fourth-order valence-electron chi connectivity index (χ4n) is 3.69. The zero-order valence-electron chi connectivity index (χ0n) is 27.3. The first-order chi connectivity index (χ1) is 21.5. The van der Waals surface area contributed by atoms with Crippen molar-refractivity contribution in [2.75, 3.05) is 92.4 Å². The van der Waals surface area contributed by atoms with E-state index in [1.54, 1.807) is 27.7 Å². The lowest BCUT2D eigenvalue weighted by Crippen LogP contribution is -2.34. The van der Waals surface area contributed by atoms with Crippen LogP contribution in [0.4, 0.5) is 0 Å². The van der Waals surface area contributed by atoms with Crippen LogP contribution in [0.2, 0.25) is 0 Å². The SMILES string of the molecule is C#CCOCCOCCOCCOCCOCCOCCC(CNS(=O)(=O)C(C)C)c1ccc(CCNS(=O)(=O)C(C)C)cc1. The summed E-state index contributed by atoms with van der Waals surface area (Å²) >= 11 is 0. The first kappa shape index (κ1) is 41.4. The van der Waals surface area contributed by atoms with Crippen molar-refractivity contribution in [1.82, 2.24) is 9.44 Å². The van der Waals surface area contributed by atoms with Gasteiger partial charge in [-0.25, -0.2) is 26.3 Å². The maximum absolute atomic E-state index is 12.4. The molecule has 14 heteroatoms. The average Bonchev–Trinajstić information content (AvgIpc) is 3.00. The number of terminal acetylenes is 1. The van der Waals surface area contributed by atoms with Gasteiger partial charge in [-0.05, 0) is 57.6 Å². The van der Waals surface area contributed by atoms with E-state index in [-0.39, 0.29) is 19.1 Å². The average molecular weight is 679 g/mol. The number of ether oxygens (including phenoxy) is 6. The smallest absolute Gasteiger partial charge is 0.213 e. The van der Waals surface area contributed by atoms with E-state index < -0.39 is 30.5 Å². The number of rotatable bonds is 29. The minimum Gasteiger partial charge on any atom is -0.379 e. The van der Waals surface area contributed by atoms with Crippen molar-refractivity contribution in [3.05, 3.63) is 35.4 Å². The van der Waals surface area contributed by atoms with Crippen LogP contribution in [0.25, 0.3) is 0 Å². The summed E-state index contributed by atoms with van der Waals surface area (Å²) in [6, 6.07) is 7.81. The molecule has 260 valence electrons. The molecule has 0 bridgehead atoms. The Hall–Kier alpha value is -1.64. The lowest BCUT2D eigenvalue weighted by atomic mass is 9.95. The Morgan fingerprint density at radius 1 is 0.644 bits per heavy atom. The van der Waals surface area contributed by atoms with E-state index in [1.165, 1.54) is 0 Å². The predicted octanol–water partition coefficient (Wildman–Crippen LogP) is 2.09. The predicted molar refractivity (Wildman–Crippen MR) is 175 cm³/mol. The van der Waals surface area contributed by atoms with Gasteiger partial charge in [-0.15, -0.1) is 6.42 Å². The maximum Gasteiger partial charge on any atom is 0.213 e. The van der Waals surface area contributed by atoms with Crippen LogP contribution in [-0.4, -0.2) is 120 Å². The highest BCUT2D eigenvalue weighted by Gasteiger charge is 2.20. The molecular formula is C31H54N2O10S2. The van der Waals surface area contributed by atoms with Crippen molar-refractivity contribution in [3.8, 4) is 12.3 Å². The number of sulfonamides is 2. The summed E-state index contributed by atoms with van der Waals surface area (Å²) in [6.07, 6.45) is 6.26. The first-order valence-corrected chi connectivity index (χ1v) is 18.5. The van der Waals surface area contributed by atoms with Crippen LogP contribution < -0.4 is 9.44 Å². The summed E-state index contributed by atoms with van der Waals surface area (Å²) in [5.41, 5.74) is 1.97. The van der Waals surface area contributed by atoms with Gasteiger partial charge < -0.3 is 28.4 Å². The highest BCUT2D eigenvalue weighted by atomic mass is 32.2. The molecule has 0 saturated heterocycles. The Labute approximate surface area is 271 Å². The maximum atomic E-state index is 12.4. The number of hydrogen-bond donors (Lipinski definition) is 2. The highest BCUT2D eigenvalue weighted by molar-refractivity contribution is 7.90. The third kappa shape index (κ3) is 20.3. The summed E-state index contributed by atoms with van der Waals surface area (Å²) in [4.78, 5) is 0. The minimum atomic E-state index is -3.42. The molecule has 1 aromatic carbocycles. The summed E-state index contributed by atoms with van der Waals surface area (Å²) in [6.45, 7) is 12.4. The van der Waals surface area contributed by atoms with Crippen molar-refractivity contribution in [2.24, 2.45) is 0 Å². The zero-order chi connectivity index (χ0) is 33.4. The largest absolute Gasteiger partial charge is 0.379 e. The molecule has 2 N–H and O–H groups in total. The molecule has 1 aromatic rings. The Kier molecular flexibility index (Phi) is 22.6. The summed E-state index contributed by atoms with van der Waals surface area (Å²) in [5, 5.41) is -1.02. The molecule has 0 aliphatic rings. The molecule has 1 unspecified atom stereocenters. The lowest BCUT2D eigenvalue weighted by molar-refractivity contribution is -0.0157. The molecule has 12 nitrogen and oxygen atoms in total. The van der Waals surface area contributed by atoms with Crippen molar-refractivity contribution >= 4 is 20.0 Å². The molecule has 0 aromatic heterocycles. The second-order valence-electron chi connectivity index (χ2n) is 10.7. The molecule has 1 rings (SSSR count). The second kappa shape index (κ2) is 24.5. The monoisotopic (exact) mass is 678 g/mol. The van der Waals surface area contributed by atoms with E-state index in [0.29, 0.717) is 92.1 Å². The zero-order valence-corrected chi connectivity index (χ0v) is 29.0. The van der Waals surface area contributed by atoms with Crippen LogP contribution in [0, 0.1) is 12.3 Å². The fraction of sp³-hybridized carbons (Fsp3) is 0.742. The summed E-state index contributed by atoms with van der Waals surface area (Å²) in [7, 11) is -6.73. The molecule has 0 heterocycles. The summed E-state index contributed by atoms with van der Waals surface area (Å²) < 4.78 is 86.7. The van der Waals surface area contributed by atoms with Crippen LogP contribution in [0.5, 0.6) is 0 Å². The molecule has 0 saturated carbocycles. The fourth-order valence-corrected chi connectivity index (χ4v) is 5.17. The first-order valence-electron chi connectivity index (χ1n) is 15.4. The molecule has 0 amide bonds. The molecule has 0 radical (unpaired) electrons. The molecule has 1 atom stereocenters. The topological polar surface area (TPSA) is 148 Å². The van der Waals surface area contributed by atoms with Gasteiger partial charge in [-0.1, -0.05) is 30.2 Å². The third-order valence-electron chi connectivity index (χ3n) is 6.60. The quantitative estimate of drug-likeness (QED) is 0.0954. The normalized spacial score (nSPS) is 13.0. The molecule has 0 aliphatic carbocycles. The van der Waals surface area contributed by atoms with Gasteiger partial charge in [0, 0.05) is 19.7 Å². The van der Waals surface area contributed by atoms with Gasteiger partial charge in [-0.3, -0.25) is 0 Å². The number of nitrogens with one attached hydrogen (secondary N) is 2. The van der Waals surface area contributed by atoms with Crippen LogP contribution >= 0.6 is 0 Å². The van der Waals surface area contributed by atoms with E-state index in [0.717, 1.165) is 11.1 Å². The standard InChI is InChI=1S/C31H54N2O10S2/c1-6-14-38-16-18-40-20-22-42-24-25-43-23-21-41-19-17-39-15-12-31(26-33-45(36,37)28(4)5)30-9-7-29(8-10-30)11-13-32-44(34,35)27(2)3/h1,7-10,27-28,31-33H,11-26H2,2-5H3. The molecule has 0 aliphatic heterocycles. The Bertz CT molecular complexity index is 1140. The number of benzene rings is 1. The van der Waals surface area contributed by atoms with Gasteiger partial charge in [0.2, 0.25) is 20.0 Å². The molecule has 45 heavy (non-hydrogen) atoms. The van der Waals surface area contributed by atoms with E-state index >= 15 is 0 Å². The Morgan fingerprint density at radius 3 is 1.51 bits per heavy atom. The molecule has 0 fully saturated rings. The van der Waals surface area contributed by atoms with E-state index in [1.807, 2.05) is 24.3 Å². The Balaban J connectivity index is 2.29. The van der Waals surface area contributed by atoms with Crippen LogP contribution in [0.1, 0.15) is 51.2 Å². The van der Waals surface area contributed by atoms with Crippen LogP contribution in [0.15, 0.2) is 24.3 Å². The van der Waals surface area contributed by atoms with Crippen LogP contribution in [-0.2, 0) is 54.9 Å². The van der Waals surface area contributed by atoms with E-state index in [4.69, 9.17) is 34.8 Å². The van der Waals surface area contributed by atoms with Gasteiger partial charge in [0.05, 0.1) is 76.6 Å². The molecule has 0 spiro atoms. The Morgan fingerprint density at radius 2 is 1.07 bits per heavy atom. The van der Waals surface area contributed by atoms with Gasteiger partial charge >= 0.3 is 0 Å². The molecular weight excluding hydrogens is 624 g/mol. The van der Waals surface area contributed by atoms with Gasteiger partial charge in [0.15, 0.2) is 0 Å². The number of hydrogen-bond acceptors (Lipinski definition) is 10. The van der Waals surface area contributed by atoms with Gasteiger partial charge in [-0.2, -0.15) is 0 Å². The highest BCUT2D eigenvalue weighted by Crippen LogP contribution is 2.21. The van der Waals surface area contributed by atoms with Crippen LogP contribution in [0.3, 0.4) is 0 Å². The summed E-state index contributed by atoms with van der Waals surface area (Å²) in [5.74, 6) is 2.30. The van der Waals surface area contributed by atoms with Crippen molar-refractivity contribution < 1.29 is 45.3 Å². The van der Waals surface area contributed by atoms with Gasteiger partial charge in [0.25, 0.3) is 0 Å². The van der Waals surface area contributed by atoms with Gasteiger partial charge in [0.1, 0.15) is 6.61 Å². The van der Waals surface area contributed by atoms with E-state index in [2.05, 4.69) is 15.4 Å². The third-order valence-corrected chi connectivity index (χ3v) is 10.3. The second-order valence-corrected chi connectivity index (χ2v) is 15.4. The minimum absolute atomic E-state index is 0.0944. The van der Waals surface area contributed by atoms with Crippen molar-refractivity contribution in [3.63, 3.8) is 0 Å².